The predicted molar refractivity (Wildman–Crippen MR) is 80.9 cm³/mol. The molecular formula is C17H16F3NO2. The van der Waals surface area contributed by atoms with Crippen LogP contribution in [-0.4, -0.2) is 19.1 Å². The number of alkyl halides is 2. The molecule has 0 saturated heterocycles. The van der Waals surface area contributed by atoms with Crippen LogP contribution in [0.15, 0.2) is 48.5 Å². The summed E-state index contributed by atoms with van der Waals surface area (Å²) in [6.07, 6.45) is -3.31. The Morgan fingerprint density at radius 2 is 1.87 bits per heavy atom. The van der Waals surface area contributed by atoms with Gasteiger partial charge in [-0.1, -0.05) is 30.3 Å². The Labute approximate surface area is 132 Å². The lowest BCUT2D eigenvalue weighted by Gasteiger charge is -2.16. The summed E-state index contributed by atoms with van der Waals surface area (Å²) in [5.74, 6) is -1.36. The molecule has 6 heteroatoms. The third-order valence-electron chi connectivity index (χ3n) is 3.28. The summed E-state index contributed by atoms with van der Waals surface area (Å²) < 4.78 is 43.8. The molecule has 1 amide bonds. The Kier molecular flexibility index (Phi) is 5.76. The van der Waals surface area contributed by atoms with E-state index in [1.165, 1.54) is 7.11 Å². The average molecular weight is 323 g/mol. The van der Waals surface area contributed by atoms with Gasteiger partial charge in [0.1, 0.15) is 11.9 Å². The molecule has 1 unspecified atom stereocenters. The molecule has 3 nitrogen and oxygen atoms in total. The van der Waals surface area contributed by atoms with Gasteiger partial charge in [-0.2, -0.15) is 0 Å². The Hall–Kier alpha value is -2.34. The topological polar surface area (TPSA) is 38.3 Å². The van der Waals surface area contributed by atoms with Gasteiger partial charge in [0.05, 0.1) is 0 Å². The van der Waals surface area contributed by atoms with Gasteiger partial charge in [0.25, 0.3) is 12.3 Å². The maximum Gasteiger partial charge on any atom is 0.264 e. The van der Waals surface area contributed by atoms with E-state index >= 15 is 0 Å². The maximum absolute atomic E-state index is 13.4. The second-order valence-electron chi connectivity index (χ2n) is 4.98. The molecule has 0 fully saturated rings. The number of halogens is 3. The quantitative estimate of drug-likeness (QED) is 0.874. The number of nitrogens with one attached hydrogen (secondary N) is 1. The van der Waals surface area contributed by atoms with E-state index in [4.69, 9.17) is 4.74 Å². The fourth-order valence-corrected chi connectivity index (χ4v) is 2.14. The van der Waals surface area contributed by atoms with E-state index in [0.29, 0.717) is 6.42 Å². The number of benzene rings is 2. The lowest BCUT2D eigenvalue weighted by Crippen LogP contribution is -2.31. The van der Waals surface area contributed by atoms with Crippen molar-refractivity contribution in [3.05, 3.63) is 65.5 Å². The van der Waals surface area contributed by atoms with Crippen molar-refractivity contribution < 1.29 is 22.7 Å². The van der Waals surface area contributed by atoms with E-state index in [2.05, 4.69) is 5.32 Å². The maximum atomic E-state index is 13.4. The van der Waals surface area contributed by atoms with E-state index in [0.717, 1.165) is 23.8 Å². The van der Waals surface area contributed by atoms with Crippen molar-refractivity contribution in [2.75, 3.05) is 12.4 Å². The molecule has 0 radical (unpaired) electrons. The highest BCUT2D eigenvalue weighted by Gasteiger charge is 2.19. The number of carbonyl (C=O) groups is 1. The van der Waals surface area contributed by atoms with Crippen LogP contribution in [-0.2, 0) is 16.0 Å². The molecule has 1 atom stereocenters. The van der Waals surface area contributed by atoms with Crippen LogP contribution in [0.1, 0.15) is 17.6 Å². The average Bonchev–Trinajstić information content (AvgIpc) is 2.52. The van der Waals surface area contributed by atoms with Gasteiger partial charge in [-0.15, -0.1) is 0 Å². The van der Waals surface area contributed by atoms with Gasteiger partial charge in [-0.3, -0.25) is 4.79 Å². The van der Waals surface area contributed by atoms with E-state index in [-0.39, 0.29) is 5.69 Å². The standard InChI is InChI=1S/C17H16F3NO2/c1-23-15(7-11-5-3-2-4-6-11)17(22)21-14-9-12(16(19)20)8-13(18)10-14/h2-6,8-10,15-16H,7H2,1H3,(H,21,22). The molecule has 0 bridgehead atoms. The van der Waals surface area contributed by atoms with E-state index in [9.17, 15) is 18.0 Å². The summed E-state index contributed by atoms with van der Waals surface area (Å²) in [6.45, 7) is 0. The van der Waals surface area contributed by atoms with Crippen LogP contribution in [0.25, 0.3) is 0 Å². The van der Waals surface area contributed by atoms with Crippen LogP contribution >= 0.6 is 0 Å². The minimum atomic E-state index is -2.82. The zero-order valence-corrected chi connectivity index (χ0v) is 12.4. The first-order valence-corrected chi connectivity index (χ1v) is 6.96. The first kappa shape index (κ1) is 17.0. The SMILES string of the molecule is COC(Cc1ccccc1)C(=O)Nc1cc(F)cc(C(F)F)c1. The fraction of sp³-hybridized carbons (Fsp3) is 0.235. The molecule has 1 N–H and O–H groups in total. The van der Waals surface area contributed by atoms with E-state index < -0.39 is 29.8 Å². The highest BCUT2D eigenvalue weighted by Crippen LogP contribution is 2.23. The van der Waals surface area contributed by atoms with Gasteiger partial charge in [-0.25, -0.2) is 13.2 Å². The monoisotopic (exact) mass is 323 g/mol. The number of anilines is 1. The van der Waals surface area contributed by atoms with Gasteiger partial charge >= 0.3 is 0 Å². The third-order valence-corrected chi connectivity index (χ3v) is 3.28. The number of hydrogen-bond donors (Lipinski definition) is 1. The Morgan fingerprint density at radius 3 is 2.48 bits per heavy atom. The largest absolute Gasteiger partial charge is 0.371 e. The van der Waals surface area contributed by atoms with Gasteiger partial charge in [0.15, 0.2) is 0 Å². The smallest absolute Gasteiger partial charge is 0.264 e. The first-order valence-electron chi connectivity index (χ1n) is 6.96. The molecule has 0 saturated carbocycles. The normalized spacial score (nSPS) is 12.2. The molecule has 0 heterocycles. The van der Waals surface area contributed by atoms with Crippen LogP contribution in [0, 0.1) is 5.82 Å². The van der Waals surface area contributed by atoms with Crippen LogP contribution in [0.2, 0.25) is 0 Å². The number of methoxy groups -OCH3 is 1. The molecule has 0 aliphatic rings. The number of hydrogen-bond acceptors (Lipinski definition) is 2. The molecule has 2 aromatic carbocycles. The lowest BCUT2D eigenvalue weighted by atomic mass is 10.1. The van der Waals surface area contributed by atoms with E-state index in [1.54, 1.807) is 0 Å². The van der Waals surface area contributed by atoms with Crippen LogP contribution in [0.5, 0.6) is 0 Å². The summed E-state index contributed by atoms with van der Waals surface area (Å²) in [5, 5.41) is 2.41. The summed E-state index contributed by atoms with van der Waals surface area (Å²) in [4.78, 5) is 12.2. The summed E-state index contributed by atoms with van der Waals surface area (Å²) in [6, 6.07) is 12.0. The van der Waals surface area contributed by atoms with Gasteiger partial charge in [0, 0.05) is 24.8 Å². The predicted octanol–water partition coefficient (Wildman–Crippen LogP) is 3.96. The van der Waals surface area contributed by atoms with Gasteiger partial charge in [-0.05, 0) is 23.8 Å². The van der Waals surface area contributed by atoms with E-state index in [1.807, 2.05) is 30.3 Å². The molecule has 122 valence electrons. The summed E-state index contributed by atoms with van der Waals surface area (Å²) in [7, 11) is 1.38. The molecule has 23 heavy (non-hydrogen) atoms. The Balaban J connectivity index is 2.10. The summed E-state index contributed by atoms with van der Waals surface area (Å²) in [5.41, 5.74) is 0.375. The summed E-state index contributed by atoms with van der Waals surface area (Å²) >= 11 is 0. The van der Waals surface area contributed by atoms with Gasteiger partial charge in [0.2, 0.25) is 0 Å². The number of amides is 1. The van der Waals surface area contributed by atoms with Gasteiger partial charge < -0.3 is 10.1 Å². The van der Waals surface area contributed by atoms with Crippen molar-refractivity contribution in [2.24, 2.45) is 0 Å². The molecular weight excluding hydrogens is 307 g/mol. The zero-order chi connectivity index (χ0) is 16.8. The first-order chi connectivity index (χ1) is 11.0. The molecule has 0 aliphatic carbocycles. The van der Waals surface area contributed by atoms with Crippen molar-refractivity contribution in [2.45, 2.75) is 19.0 Å². The Bertz CT molecular complexity index is 662. The lowest BCUT2D eigenvalue weighted by molar-refractivity contribution is -0.125. The second kappa shape index (κ2) is 7.78. The molecule has 0 spiro atoms. The van der Waals surface area contributed by atoms with Crippen molar-refractivity contribution in [3.8, 4) is 0 Å². The van der Waals surface area contributed by atoms with Crippen molar-refractivity contribution >= 4 is 11.6 Å². The highest BCUT2D eigenvalue weighted by atomic mass is 19.3. The minimum Gasteiger partial charge on any atom is -0.371 e. The van der Waals surface area contributed by atoms with Crippen LogP contribution < -0.4 is 5.32 Å². The zero-order valence-electron chi connectivity index (χ0n) is 12.4. The minimum absolute atomic E-state index is 0.0274. The Morgan fingerprint density at radius 1 is 1.17 bits per heavy atom. The van der Waals surface area contributed by atoms with Crippen molar-refractivity contribution in [1.29, 1.82) is 0 Å². The van der Waals surface area contributed by atoms with Crippen LogP contribution in [0.4, 0.5) is 18.9 Å². The molecule has 0 aliphatic heterocycles. The fourth-order valence-electron chi connectivity index (χ4n) is 2.14. The number of carbonyl (C=O) groups excluding carboxylic acids is 1. The number of ether oxygens (including phenoxy) is 1. The van der Waals surface area contributed by atoms with Crippen molar-refractivity contribution in [3.63, 3.8) is 0 Å². The number of rotatable bonds is 6. The third kappa shape index (κ3) is 4.82. The molecule has 2 aromatic rings. The molecule has 0 aromatic heterocycles. The molecule has 2 rings (SSSR count). The highest BCUT2D eigenvalue weighted by molar-refractivity contribution is 5.94. The van der Waals surface area contributed by atoms with Crippen LogP contribution in [0.3, 0.4) is 0 Å². The second-order valence-corrected chi connectivity index (χ2v) is 4.98. The van der Waals surface area contributed by atoms with Crippen molar-refractivity contribution in [1.82, 2.24) is 0 Å².